The fourth-order valence-corrected chi connectivity index (χ4v) is 2.10. The first-order valence-corrected chi connectivity index (χ1v) is 5.99. The van der Waals surface area contributed by atoms with E-state index < -0.39 is 11.6 Å². The highest BCUT2D eigenvalue weighted by atomic mass is 32.2. The number of phenolic OH excluding ortho intramolecular Hbond substituents is 1. The van der Waals surface area contributed by atoms with E-state index in [0.717, 1.165) is 5.57 Å². The number of alkyl halides is 3. The highest BCUT2D eigenvalue weighted by molar-refractivity contribution is 8.00. The highest BCUT2D eigenvalue weighted by Crippen LogP contribution is 2.39. The van der Waals surface area contributed by atoms with Crippen LogP contribution in [0.5, 0.6) is 5.75 Å². The number of rotatable bonds is 4. The van der Waals surface area contributed by atoms with Crippen molar-refractivity contribution in [3.63, 3.8) is 0 Å². The number of aromatic hydroxyl groups is 1. The summed E-state index contributed by atoms with van der Waals surface area (Å²) in [5, 5.41) is 9.62. The number of hydrogen-bond acceptors (Lipinski definition) is 3. The molecule has 0 radical (unpaired) electrons. The molecule has 6 heteroatoms. The first-order valence-electron chi connectivity index (χ1n) is 5.17. The number of nitrogens with two attached hydrogens (primary N) is 1. The second kappa shape index (κ2) is 5.67. The second-order valence-electron chi connectivity index (χ2n) is 4.04. The van der Waals surface area contributed by atoms with Crippen LogP contribution in [-0.4, -0.2) is 10.6 Å². The van der Waals surface area contributed by atoms with Crippen LogP contribution in [0.4, 0.5) is 13.2 Å². The molecule has 100 valence electrons. The molecule has 1 aromatic rings. The Morgan fingerprint density at radius 3 is 2.61 bits per heavy atom. The Hall–Kier alpha value is -1.14. The lowest BCUT2D eigenvalue weighted by atomic mass is 10.0. The highest BCUT2D eigenvalue weighted by Gasteiger charge is 2.29. The van der Waals surface area contributed by atoms with Crippen molar-refractivity contribution >= 4 is 11.8 Å². The van der Waals surface area contributed by atoms with Crippen LogP contribution in [0, 0.1) is 0 Å². The molecule has 1 rings (SSSR count). The molecule has 1 aromatic carbocycles. The van der Waals surface area contributed by atoms with E-state index in [9.17, 15) is 18.3 Å². The summed E-state index contributed by atoms with van der Waals surface area (Å²) in [5.74, 6) is -0.102. The maximum absolute atomic E-state index is 12.2. The van der Waals surface area contributed by atoms with Crippen LogP contribution in [0.15, 0.2) is 35.2 Å². The fraction of sp³-hybridized carbons (Fsp3) is 0.333. The molecule has 1 atom stereocenters. The summed E-state index contributed by atoms with van der Waals surface area (Å²) in [5.41, 5.74) is 2.56. The molecule has 18 heavy (non-hydrogen) atoms. The van der Waals surface area contributed by atoms with Crippen LogP contribution in [-0.2, 0) is 0 Å². The lowest BCUT2D eigenvalue weighted by Crippen LogP contribution is -2.11. The summed E-state index contributed by atoms with van der Waals surface area (Å²) in [7, 11) is 0. The van der Waals surface area contributed by atoms with Gasteiger partial charge in [-0.05, 0) is 43.3 Å². The minimum Gasteiger partial charge on any atom is -0.508 e. The first-order chi connectivity index (χ1) is 8.19. The summed E-state index contributed by atoms with van der Waals surface area (Å²) in [4.78, 5) is 0.00691. The van der Waals surface area contributed by atoms with Gasteiger partial charge >= 0.3 is 5.51 Å². The number of benzene rings is 1. The minimum atomic E-state index is -4.35. The van der Waals surface area contributed by atoms with Gasteiger partial charge < -0.3 is 10.8 Å². The lowest BCUT2D eigenvalue weighted by molar-refractivity contribution is -0.0328. The Kier molecular flexibility index (Phi) is 4.70. The monoisotopic (exact) mass is 277 g/mol. The largest absolute Gasteiger partial charge is 0.508 e. The zero-order valence-corrected chi connectivity index (χ0v) is 10.6. The normalized spacial score (nSPS) is 13.4. The van der Waals surface area contributed by atoms with Crippen LogP contribution >= 0.6 is 11.8 Å². The summed E-state index contributed by atoms with van der Waals surface area (Å²) in [6, 6.07) is 3.14. The van der Waals surface area contributed by atoms with Crippen molar-refractivity contribution in [3.8, 4) is 5.75 Å². The average molecular weight is 277 g/mol. The summed E-state index contributed by atoms with van der Waals surface area (Å²) < 4.78 is 36.7. The third kappa shape index (κ3) is 4.62. The van der Waals surface area contributed by atoms with Gasteiger partial charge in [-0.2, -0.15) is 13.2 Å². The molecule has 2 nitrogen and oxygen atoms in total. The van der Waals surface area contributed by atoms with Crippen LogP contribution < -0.4 is 5.73 Å². The predicted molar refractivity (Wildman–Crippen MR) is 66.4 cm³/mol. The van der Waals surface area contributed by atoms with Crippen molar-refractivity contribution in [1.29, 1.82) is 0 Å². The molecule has 0 saturated heterocycles. The Bertz CT molecular complexity index is 445. The molecule has 0 saturated carbocycles. The molecule has 0 aliphatic carbocycles. The van der Waals surface area contributed by atoms with Crippen LogP contribution in [0.1, 0.15) is 24.9 Å². The van der Waals surface area contributed by atoms with Gasteiger partial charge in [-0.15, -0.1) is 6.58 Å². The van der Waals surface area contributed by atoms with E-state index in [-0.39, 0.29) is 22.4 Å². The summed E-state index contributed by atoms with van der Waals surface area (Å²) in [6.07, 6.45) is 0.410. The van der Waals surface area contributed by atoms with Crippen molar-refractivity contribution in [2.24, 2.45) is 5.73 Å². The molecule has 0 aromatic heterocycles. The number of phenols is 1. The summed E-state index contributed by atoms with van der Waals surface area (Å²) in [6.45, 7) is 5.45. The molecular formula is C12H14F3NOS. The second-order valence-corrected chi connectivity index (χ2v) is 5.17. The van der Waals surface area contributed by atoms with Crippen LogP contribution in [0.3, 0.4) is 0 Å². The smallest absolute Gasteiger partial charge is 0.446 e. The van der Waals surface area contributed by atoms with Crippen LogP contribution in [0.25, 0.3) is 0 Å². The van der Waals surface area contributed by atoms with E-state index in [1.54, 1.807) is 6.92 Å². The maximum atomic E-state index is 12.2. The first kappa shape index (κ1) is 14.9. The lowest BCUT2D eigenvalue weighted by Gasteiger charge is -2.15. The zero-order valence-electron chi connectivity index (χ0n) is 9.79. The van der Waals surface area contributed by atoms with Crippen molar-refractivity contribution in [3.05, 3.63) is 35.9 Å². The molecule has 0 fully saturated rings. The van der Waals surface area contributed by atoms with E-state index in [1.807, 2.05) is 0 Å². The summed E-state index contributed by atoms with van der Waals surface area (Å²) >= 11 is -0.229. The zero-order chi connectivity index (χ0) is 13.9. The number of halogens is 3. The molecule has 0 unspecified atom stereocenters. The number of thioether (sulfide) groups is 1. The Labute approximate surface area is 108 Å². The molecule has 0 aliphatic heterocycles. The van der Waals surface area contributed by atoms with Gasteiger partial charge in [0.05, 0.1) is 0 Å². The quantitative estimate of drug-likeness (QED) is 0.646. The molecular weight excluding hydrogens is 263 g/mol. The Morgan fingerprint density at radius 1 is 1.50 bits per heavy atom. The van der Waals surface area contributed by atoms with Crippen LogP contribution in [0.2, 0.25) is 0 Å². The predicted octanol–water partition coefficient (Wildman–Crippen LogP) is 3.97. The Morgan fingerprint density at radius 2 is 2.11 bits per heavy atom. The fourth-order valence-electron chi connectivity index (χ4n) is 1.51. The third-order valence-electron chi connectivity index (χ3n) is 2.20. The van der Waals surface area contributed by atoms with E-state index >= 15 is 0 Å². The standard InChI is InChI=1S/C12H14F3NOS/c1-7(2)5-10(16)9-6-8(3-4-11(9)17)18-12(13,14)15/h3-4,6,10,17H,1,5,16H2,2H3/t10-/m1/s1. The van der Waals surface area contributed by atoms with Crippen molar-refractivity contribution < 1.29 is 18.3 Å². The van der Waals surface area contributed by atoms with Gasteiger partial charge in [0, 0.05) is 16.5 Å². The van der Waals surface area contributed by atoms with E-state index in [0.29, 0.717) is 12.0 Å². The maximum Gasteiger partial charge on any atom is 0.446 e. The molecule has 0 heterocycles. The van der Waals surface area contributed by atoms with Crippen molar-refractivity contribution in [2.75, 3.05) is 0 Å². The molecule has 0 aliphatic rings. The van der Waals surface area contributed by atoms with Gasteiger partial charge in [0.1, 0.15) is 5.75 Å². The Balaban J connectivity index is 2.97. The van der Waals surface area contributed by atoms with Gasteiger partial charge in [0.2, 0.25) is 0 Å². The van der Waals surface area contributed by atoms with Gasteiger partial charge in [-0.1, -0.05) is 5.57 Å². The van der Waals surface area contributed by atoms with Gasteiger partial charge in [0.15, 0.2) is 0 Å². The number of hydrogen-bond donors (Lipinski definition) is 2. The average Bonchev–Trinajstić information content (AvgIpc) is 2.17. The molecule has 0 bridgehead atoms. The van der Waals surface area contributed by atoms with Gasteiger partial charge in [0.25, 0.3) is 0 Å². The van der Waals surface area contributed by atoms with Gasteiger partial charge in [-0.25, -0.2) is 0 Å². The minimum absolute atomic E-state index is 0.00691. The van der Waals surface area contributed by atoms with Crippen molar-refractivity contribution in [2.45, 2.75) is 29.8 Å². The molecule has 0 amide bonds. The third-order valence-corrected chi connectivity index (χ3v) is 2.92. The van der Waals surface area contributed by atoms with E-state index in [1.165, 1.54) is 18.2 Å². The molecule has 0 spiro atoms. The topological polar surface area (TPSA) is 46.2 Å². The van der Waals surface area contributed by atoms with E-state index in [2.05, 4.69) is 6.58 Å². The molecule has 3 N–H and O–H groups in total. The van der Waals surface area contributed by atoms with E-state index in [4.69, 9.17) is 5.73 Å². The van der Waals surface area contributed by atoms with Gasteiger partial charge in [-0.3, -0.25) is 0 Å². The van der Waals surface area contributed by atoms with Crippen molar-refractivity contribution in [1.82, 2.24) is 0 Å². The SMILES string of the molecule is C=C(C)C[C@@H](N)c1cc(SC(F)(F)F)ccc1O.